The van der Waals surface area contributed by atoms with E-state index in [0.717, 1.165) is 27.9 Å². The Hall–Kier alpha value is -2.39. The summed E-state index contributed by atoms with van der Waals surface area (Å²) in [6.07, 6.45) is 0. The van der Waals surface area contributed by atoms with Crippen LogP contribution in [0.1, 0.15) is 24.2 Å². The highest BCUT2D eigenvalue weighted by Crippen LogP contribution is 2.22. The number of benzene rings is 2. The molecule has 3 nitrogen and oxygen atoms in total. The van der Waals surface area contributed by atoms with Gasteiger partial charge in [0.1, 0.15) is 5.75 Å². The van der Waals surface area contributed by atoms with Crippen LogP contribution in [0.2, 0.25) is 0 Å². The van der Waals surface area contributed by atoms with E-state index in [-0.39, 0.29) is 6.04 Å². The molecule has 1 atom stereocenters. The van der Waals surface area contributed by atoms with Gasteiger partial charge in [0.25, 0.3) is 0 Å². The van der Waals surface area contributed by atoms with Gasteiger partial charge in [-0.1, -0.05) is 36.4 Å². The highest BCUT2D eigenvalue weighted by Gasteiger charge is 2.11. The number of hydrogen-bond donors (Lipinski definition) is 1. The van der Waals surface area contributed by atoms with E-state index in [1.165, 1.54) is 0 Å². The number of fused-ring (bicyclic) bond motifs is 1. The number of nitrogens with zero attached hydrogens (tertiary/aromatic N) is 1. The maximum atomic E-state index is 6.33. The number of aromatic nitrogens is 1. The summed E-state index contributed by atoms with van der Waals surface area (Å²) in [5.74, 6) is 0.861. The summed E-state index contributed by atoms with van der Waals surface area (Å²) in [6, 6.07) is 19.7. The fourth-order valence-electron chi connectivity index (χ4n) is 2.36. The van der Waals surface area contributed by atoms with E-state index < -0.39 is 0 Å². The molecule has 1 unspecified atom stereocenters. The number of pyridine rings is 1. The summed E-state index contributed by atoms with van der Waals surface area (Å²) in [6.45, 7) is 2.64. The molecular weight excluding hydrogens is 260 g/mol. The number of rotatable bonds is 4. The number of hydrogen-bond acceptors (Lipinski definition) is 3. The van der Waals surface area contributed by atoms with Crippen LogP contribution < -0.4 is 10.5 Å². The van der Waals surface area contributed by atoms with Gasteiger partial charge in [-0.3, -0.25) is 4.98 Å². The number of ether oxygens (including phenoxy) is 1. The van der Waals surface area contributed by atoms with Crippen molar-refractivity contribution in [3.63, 3.8) is 0 Å². The molecule has 0 fully saturated rings. The molecule has 0 saturated heterocycles. The van der Waals surface area contributed by atoms with Crippen LogP contribution in [0, 0.1) is 0 Å². The molecule has 0 amide bonds. The van der Waals surface area contributed by atoms with Crippen LogP contribution in [0.4, 0.5) is 0 Å². The second-order valence-corrected chi connectivity index (χ2v) is 4.91. The minimum absolute atomic E-state index is 0.231. The molecule has 21 heavy (non-hydrogen) atoms. The summed E-state index contributed by atoms with van der Waals surface area (Å²) in [4.78, 5) is 4.65. The van der Waals surface area contributed by atoms with Gasteiger partial charge in [-0.15, -0.1) is 0 Å². The van der Waals surface area contributed by atoms with E-state index in [0.29, 0.717) is 6.61 Å². The Morgan fingerprint density at radius 3 is 2.52 bits per heavy atom. The summed E-state index contributed by atoms with van der Waals surface area (Å²) < 4.78 is 5.45. The molecule has 0 aliphatic rings. The Morgan fingerprint density at radius 2 is 1.76 bits per heavy atom. The summed E-state index contributed by atoms with van der Waals surface area (Å²) in [7, 11) is 0. The zero-order valence-electron chi connectivity index (χ0n) is 12.0. The van der Waals surface area contributed by atoms with Crippen molar-refractivity contribution in [2.75, 3.05) is 6.61 Å². The van der Waals surface area contributed by atoms with Gasteiger partial charge in [-0.25, -0.2) is 0 Å². The van der Waals surface area contributed by atoms with E-state index in [1.54, 1.807) is 0 Å². The van der Waals surface area contributed by atoms with Crippen molar-refractivity contribution >= 4 is 10.9 Å². The Labute approximate surface area is 124 Å². The fraction of sp³-hybridized carbons (Fsp3) is 0.167. The quantitative estimate of drug-likeness (QED) is 0.792. The molecule has 1 heterocycles. The van der Waals surface area contributed by atoms with Gasteiger partial charge >= 0.3 is 0 Å². The molecule has 0 bridgehead atoms. The zero-order chi connectivity index (χ0) is 14.7. The lowest BCUT2D eigenvalue weighted by Crippen LogP contribution is -2.13. The third-order valence-electron chi connectivity index (χ3n) is 3.49. The van der Waals surface area contributed by atoms with E-state index in [9.17, 15) is 0 Å². The van der Waals surface area contributed by atoms with Crippen molar-refractivity contribution in [3.8, 4) is 5.75 Å². The first-order valence-corrected chi connectivity index (χ1v) is 7.12. The lowest BCUT2D eigenvalue weighted by molar-refractivity contribution is 0.340. The highest BCUT2D eigenvalue weighted by molar-refractivity contribution is 5.78. The monoisotopic (exact) mass is 278 g/mol. The van der Waals surface area contributed by atoms with E-state index in [4.69, 9.17) is 10.5 Å². The number of para-hydroxylation sites is 1. The van der Waals surface area contributed by atoms with E-state index in [2.05, 4.69) is 17.1 Å². The van der Waals surface area contributed by atoms with Crippen LogP contribution in [-0.4, -0.2) is 11.6 Å². The van der Waals surface area contributed by atoms with Crippen molar-refractivity contribution in [1.29, 1.82) is 0 Å². The molecular formula is C18H18N2O. The third kappa shape index (κ3) is 2.88. The Morgan fingerprint density at radius 1 is 1.00 bits per heavy atom. The molecule has 0 aliphatic carbocycles. The molecule has 3 heteroatoms. The van der Waals surface area contributed by atoms with Crippen molar-refractivity contribution < 1.29 is 4.74 Å². The normalized spacial score (nSPS) is 12.3. The lowest BCUT2D eigenvalue weighted by atomic mass is 10.0. The predicted octanol–water partition coefficient (Wildman–Crippen LogP) is 3.68. The van der Waals surface area contributed by atoms with E-state index in [1.807, 2.05) is 55.5 Å². The van der Waals surface area contributed by atoms with Gasteiger partial charge in [0, 0.05) is 5.39 Å². The van der Waals surface area contributed by atoms with Crippen LogP contribution in [0.15, 0.2) is 60.7 Å². The molecule has 0 spiro atoms. The topological polar surface area (TPSA) is 48.1 Å². The first-order chi connectivity index (χ1) is 10.3. The Balaban J connectivity index is 1.90. The molecule has 3 aromatic rings. The first-order valence-electron chi connectivity index (χ1n) is 7.12. The smallest absolute Gasteiger partial charge is 0.119 e. The highest BCUT2D eigenvalue weighted by atomic mass is 16.5. The maximum Gasteiger partial charge on any atom is 0.119 e. The minimum Gasteiger partial charge on any atom is -0.494 e. The van der Waals surface area contributed by atoms with Crippen LogP contribution in [0.5, 0.6) is 5.75 Å². The van der Waals surface area contributed by atoms with Gasteiger partial charge in [0.05, 0.1) is 23.9 Å². The standard InChI is InChI=1S/C18H18N2O/c1-2-21-15-10-7-14(8-11-15)18(19)17-12-9-13-5-3-4-6-16(13)20-17/h3-12,18H,2,19H2,1H3. The summed E-state index contributed by atoms with van der Waals surface area (Å²) in [5.41, 5.74) is 9.20. The van der Waals surface area contributed by atoms with Gasteiger partial charge in [0.2, 0.25) is 0 Å². The van der Waals surface area contributed by atoms with Gasteiger partial charge in [-0.05, 0) is 36.8 Å². The molecule has 2 N–H and O–H groups in total. The van der Waals surface area contributed by atoms with Gasteiger partial charge in [0.15, 0.2) is 0 Å². The molecule has 2 aromatic carbocycles. The molecule has 0 saturated carbocycles. The lowest BCUT2D eigenvalue weighted by Gasteiger charge is -2.13. The predicted molar refractivity (Wildman–Crippen MR) is 85.4 cm³/mol. The summed E-state index contributed by atoms with van der Waals surface area (Å²) in [5, 5.41) is 1.13. The fourth-order valence-corrected chi connectivity index (χ4v) is 2.36. The van der Waals surface area contributed by atoms with Crippen molar-refractivity contribution in [3.05, 3.63) is 71.9 Å². The Bertz CT molecular complexity index is 738. The van der Waals surface area contributed by atoms with Crippen molar-refractivity contribution in [2.45, 2.75) is 13.0 Å². The van der Waals surface area contributed by atoms with Crippen molar-refractivity contribution in [2.24, 2.45) is 5.73 Å². The third-order valence-corrected chi connectivity index (χ3v) is 3.49. The molecule has 3 rings (SSSR count). The molecule has 0 radical (unpaired) electrons. The summed E-state index contributed by atoms with van der Waals surface area (Å²) >= 11 is 0. The van der Waals surface area contributed by atoms with Crippen LogP contribution >= 0.6 is 0 Å². The second kappa shape index (κ2) is 5.94. The largest absolute Gasteiger partial charge is 0.494 e. The molecule has 106 valence electrons. The molecule has 0 aliphatic heterocycles. The van der Waals surface area contributed by atoms with Crippen LogP contribution in [0.25, 0.3) is 10.9 Å². The van der Waals surface area contributed by atoms with Crippen molar-refractivity contribution in [1.82, 2.24) is 4.98 Å². The van der Waals surface area contributed by atoms with Gasteiger partial charge < -0.3 is 10.5 Å². The second-order valence-electron chi connectivity index (χ2n) is 4.91. The van der Waals surface area contributed by atoms with E-state index >= 15 is 0 Å². The first kappa shape index (κ1) is 13.6. The maximum absolute atomic E-state index is 6.33. The minimum atomic E-state index is -0.231. The van der Waals surface area contributed by atoms with Crippen LogP contribution in [0.3, 0.4) is 0 Å². The Kier molecular flexibility index (Phi) is 3.84. The van der Waals surface area contributed by atoms with Gasteiger partial charge in [-0.2, -0.15) is 0 Å². The zero-order valence-corrected chi connectivity index (χ0v) is 12.0. The number of nitrogens with two attached hydrogens (primary N) is 1. The average molecular weight is 278 g/mol. The van der Waals surface area contributed by atoms with Crippen LogP contribution in [-0.2, 0) is 0 Å². The average Bonchev–Trinajstić information content (AvgIpc) is 2.55. The molecule has 1 aromatic heterocycles. The SMILES string of the molecule is CCOc1ccc(C(N)c2ccc3ccccc3n2)cc1.